The molecule has 3 aromatic rings. The van der Waals surface area contributed by atoms with E-state index >= 15 is 0 Å². The Hall–Kier alpha value is -3.25. The maximum Gasteiger partial charge on any atom is 0.242 e. The fourth-order valence-electron chi connectivity index (χ4n) is 3.49. The topological polar surface area (TPSA) is 84.2 Å². The zero-order valence-corrected chi connectivity index (χ0v) is 16.9. The standard InChI is InChI=1S/C24H26FN3O2/c1-27-24(30)22(13-16-10-11-17-6-2-3-7-18(17)12-16)28-23(29)15-20(26)14-19-8-4-5-9-21(19)25/h2-12,20,22H,13-15,26H2,1H3,(H,27,30)(H,28,29)/t20-,22-/m1/s1. The van der Waals surface area contributed by atoms with Gasteiger partial charge in [0.1, 0.15) is 11.9 Å². The highest BCUT2D eigenvalue weighted by Gasteiger charge is 2.22. The van der Waals surface area contributed by atoms with Gasteiger partial charge in [0.15, 0.2) is 0 Å². The van der Waals surface area contributed by atoms with Crippen molar-refractivity contribution in [3.05, 3.63) is 83.7 Å². The summed E-state index contributed by atoms with van der Waals surface area (Å²) in [7, 11) is 1.53. The van der Waals surface area contributed by atoms with Crippen molar-refractivity contribution in [3.8, 4) is 0 Å². The number of halogens is 1. The number of nitrogens with two attached hydrogens (primary N) is 1. The number of amides is 2. The van der Waals surface area contributed by atoms with Gasteiger partial charge in [0.2, 0.25) is 11.8 Å². The van der Waals surface area contributed by atoms with E-state index in [9.17, 15) is 14.0 Å². The Kier molecular flexibility index (Phi) is 7.14. The molecule has 30 heavy (non-hydrogen) atoms. The van der Waals surface area contributed by atoms with Crippen LogP contribution in [0.15, 0.2) is 66.7 Å². The van der Waals surface area contributed by atoms with E-state index in [4.69, 9.17) is 5.73 Å². The molecule has 0 saturated carbocycles. The molecule has 3 rings (SSSR count). The van der Waals surface area contributed by atoms with Gasteiger partial charge in [-0.1, -0.05) is 60.7 Å². The van der Waals surface area contributed by atoms with Crippen LogP contribution in [0.2, 0.25) is 0 Å². The van der Waals surface area contributed by atoms with Gasteiger partial charge >= 0.3 is 0 Å². The second-order valence-corrected chi connectivity index (χ2v) is 7.38. The van der Waals surface area contributed by atoms with Crippen LogP contribution < -0.4 is 16.4 Å². The van der Waals surface area contributed by atoms with Gasteiger partial charge in [-0.2, -0.15) is 0 Å². The summed E-state index contributed by atoms with van der Waals surface area (Å²) in [5, 5.41) is 7.55. The quantitative estimate of drug-likeness (QED) is 0.537. The number of rotatable bonds is 8. The first-order valence-electron chi connectivity index (χ1n) is 9.94. The highest BCUT2D eigenvalue weighted by atomic mass is 19.1. The summed E-state index contributed by atoms with van der Waals surface area (Å²) in [6.45, 7) is 0. The molecule has 0 fully saturated rings. The minimum atomic E-state index is -0.718. The lowest BCUT2D eigenvalue weighted by Crippen LogP contribution is -2.48. The minimum Gasteiger partial charge on any atom is -0.357 e. The first-order chi connectivity index (χ1) is 14.5. The number of nitrogens with one attached hydrogen (secondary N) is 2. The molecular formula is C24H26FN3O2. The van der Waals surface area contributed by atoms with Crippen molar-refractivity contribution in [2.45, 2.75) is 31.3 Å². The van der Waals surface area contributed by atoms with Crippen molar-refractivity contribution < 1.29 is 14.0 Å². The number of carbonyl (C=O) groups is 2. The fourth-order valence-corrected chi connectivity index (χ4v) is 3.49. The number of likely N-dealkylation sites (N-methyl/N-ethyl adjacent to an activating group) is 1. The third-order valence-electron chi connectivity index (χ3n) is 5.04. The summed E-state index contributed by atoms with van der Waals surface area (Å²) in [5.41, 5.74) is 7.46. The summed E-state index contributed by atoms with van der Waals surface area (Å²) in [5.74, 6) is -0.958. The van der Waals surface area contributed by atoms with Crippen LogP contribution in [0.5, 0.6) is 0 Å². The van der Waals surface area contributed by atoms with E-state index in [1.54, 1.807) is 18.2 Å². The molecule has 0 spiro atoms. The van der Waals surface area contributed by atoms with Crippen molar-refractivity contribution in [3.63, 3.8) is 0 Å². The zero-order valence-electron chi connectivity index (χ0n) is 16.9. The Balaban J connectivity index is 1.64. The van der Waals surface area contributed by atoms with E-state index in [-0.39, 0.29) is 30.5 Å². The van der Waals surface area contributed by atoms with Gasteiger partial charge in [-0.25, -0.2) is 4.39 Å². The average molecular weight is 407 g/mol. The van der Waals surface area contributed by atoms with E-state index in [1.807, 2.05) is 42.5 Å². The SMILES string of the molecule is CNC(=O)[C@@H](Cc1ccc2ccccc2c1)NC(=O)C[C@H](N)Cc1ccccc1F. The summed E-state index contributed by atoms with van der Waals surface area (Å²) in [6, 6.07) is 19.0. The summed E-state index contributed by atoms with van der Waals surface area (Å²) in [6.07, 6.45) is 0.605. The smallest absolute Gasteiger partial charge is 0.242 e. The maximum atomic E-state index is 13.8. The number of fused-ring (bicyclic) bond motifs is 1. The molecule has 4 N–H and O–H groups in total. The van der Waals surface area contributed by atoms with E-state index in [1.165, 1.54) is 13.1 Å². The Morgan fingerprint density at radius 1 is 0.967 bits per heavy atom. The van der Waals surface area contributed by atoms with Crippen LogP contribution >= 0.6 is 0 Å². The van der Waals surface area contributed by atoms with Gasteiger partial charge in [0.25, 0.3) is 0 Å². The van der Waals surface area contributed by atoms with Gasteiger partial charge in [-0.05, 0) is 34.4 Å². The molecule has 2 atom stereocenters. The summed E-state index contributed by atoms with van der Waals surface area (Å²) >= 11 is 0. The molecular weight excluding hydrogens is 381 g/mol. The first-order valence-corrected chi connectivity index (χ1v) is 9.94. The second kappa shape index (κ2) is 9.98. The predicted molar refractivity (Wildman–Crippen MR) is 116 cm³/mol. The minimum absolute atomic E-state index is 0.000448. The van der Waals surface area contributed by atoms with E-state index < -0.39 is 12.1 Å². The highest BCUT2D eigenvalue weighted by molar-refractivity contribution is 5.88. The highest BCUT2D eigenvalue weighted by Crippen LogP contribution is 2.17. The lowest BCUT2D eigenvalue weighted by Gasteiger charge is -2.19. The fraction of sp³-hybridized carbons (Fsp3) is 0.250. The van der Waals surface area contributed by atoms with Crippen LogP contribution in [0.3, 0.4) is 0 Å². The number of benzene rings is 3. The molecule has 0 saturated heterocycles. The van der Waals surface area contributed by atoms with Crippen molar-refractivity contribution in [2.75, 3.05) is 7.05 Å². The Bertz CT molecular complexity index is 1040. The second-order valence-electron chi connectivity index (χ2n) is 7.38. The molecule has 0 aliphatic rings. The Labute approximate surface area is 175 Å². The van der Waals surface area contributed by atoms with Crippen molar-refractivity contribution >= 4 is 22.6 Å². The van der Waals surface area contributed by atoms with Gasteiger partial charge < -0.3 is 16.4 Å². The van der Waals surface area contributed by atoms with Crippen LogP contribution in [-0.2, 0) is 22.4 Å². The normalized spacial score (nSPS) is 12.9. The van der Waals surface area contributed by atoms with E-state index in [2.05, 4.69) is 10.6 Å². The Morgan fingerprint density at radius 3 is 2.40 bits per heavy atom. The maximum absolute atomic E-state index is 13.8. The molecule has 6 heteroatoms. The third-order valence-corrected chi connectivity index (χ3v) is 5.04. The molecule has 0 unspecified atom stereocenters. The summed E-state index contributed by atoms with van der Waals surface area (Å²) < 4.78 is 13.8. The van der Waals surface area contributed by atoms with Gasteiger partial charge in [0.05, 0.1) is 0 Å². The molecule has 0 aliphatic carbocycles. The van der Waals surface area contributed by atoms with Crippen LogP contribution in [-0.4, -0.2) is 30.9 Å². The van der Waals surface area contributed by atoms with Crippen molar-refractivity contribution in [1.29, 1.82) is 0 Å². The first kappa shape index (κ1) is 21.5. The molecule has 0 bridgehead atoms. The molecule has 0 aromatic heterocycles. The van der Waals surface area contributed by atoms with Crippen LogP contribution in [0.25, 0.3) is 10.8 Å². The molecule has 0 heterocycles. The molecule has 5 nitrogen and oxygen atoms in total. The average Bonchev–Trinajstić information content (AvgIpc) is 2.74. The van der Waals surface area contributed by atoms with Gasteiger partial charge in [-0.15, -0.1) is 0 Å². The molecule has 0 aliphatic heterocycles. The monoisotopic (exact) mass is 407 g/mol. The predicted octanol–water partition coefficient (Wildman–Crippen LogP) is 2.71. The zero-order chi connectivity index (χ0) is 21.5. The summed E-state index contributed by atoms with van der Waals surface area (Å²) in [4.78, 5) is 24.8. The van der Waals surface area contributed by atoms with Crippen LogP contribution in [0.4, 0.5) is 4.39 Å². The van der Waals surface area contributed by atoms with Gasteiger partial charge in [-0.3, -0.25) is 9.59 Å². The van der Waals surface area contributed by atoms with E-state index in [0.29, 0.717) is 12.0 Å². The van der Waals surface area contributed by atoms with Gasteiger partial charge in [0, 0.05) is 25.9 Å². The van der Waals surface area contributed by atoms with Crippen molar-refractivity contribution in [1.82, 2.24) is 10.6 Å². The van der Waals surface area contributed by atoms with Crippen LogP contribution in [0.1, 0.15) is 17.5 Å². The van der Waals surface area contributed by atoms with Crippen LogP contribution in [0, 0.1) is 5.82 Å². The lowest BCUT2D eigenvalue weighted by atomic mass is 10.00. The lowest BCUT2D eigenvalue weighted by molar-refractivity contribution is -0.128. The largest absolute Gasteiger partial charge is 0.357 e. The number of hydrogen-bond acceptors (Lipinski definition) is 3. The number of hydrogen-bond donors (Lipinski definition) is 3. The molecule has 156 valence electrons. The number of carbonyl (C=O) groups excluding carboxylic acids is 2. The van der Waals surface area contributed by atoms with Crippen molar-refractivity contribution in [2.24, 2.45) is 5.73 Å². The molecule has 2 amide bonds. The van der Waals surface area contributed by atoms with E-state index in [0.717, 1.165) is 16.3 Å². The molecule has 3 aromatic carbocycles. The molecule has 0 radical (unpaired) electrons. The Morgan fingerprint density at radius 2 is 1.67 bits per heavy atom. The third kappa shape index (κ3) is 5.64.